The van der Waals surface area contributed by atoms with E-state index in [0.29, 0.717) is 29.7 Å². The molecule has 3 unspecified atom stereocenters. The summed E-state index contributed by atoms with van der Waals surface area (Å²) < 4.78 is 0. The van der Waals surface area contributed by atoms with E-state index in [4.69, 9.17) is 0 Å². The predicted molar refractivity (Wildman–Crippen MR) is 106 cm³/mol. The fourth-order valence-corrected chi connectivity index (χ4v) is 7.56. The Bertz CT molecular complexity index is 747. The normalized spacial score (nSPS) is 46.2. The van der Waals surface area contributed by atoms with E-state index in [-0.39, 0.29) is 22.5 Å². The number of fused-ring (bicyclic) bond motifs is 5. The molecule has 0 aliphatic heterocycles. The van der Waals surface area contributed by atoms with Gasteiger partial charge in [0.2, 0.25) is 5.91 Å². The molecule has 0 radical (unpaired) electrons. The first-order valence-electron chi connectivity index (χ1n) is 11.1. The lowest BCUT2D eigenvalue weighted by Crippen LogP contribution is -2.52. The second-order valence-electron chi connectivity index (χ2n) is 10.6. The largest absolute Gasteiger partial charge is 0.353 e. The minimum absolute atomic E-state index is 0.115. The highest BCUT2D eigenvalue weighted by Gasteiger charge is 2.60. The smallest absolute Gasteiger partial charge is 0.223 e. The van der Waals surface area contributed by atoms with Crippen LogP contribution in [0.2, 0.25) is 0 Å². The molecule has 4 fully saturated rings. The minimum Gasteiger partial charge on any atom is -0.353 e. The molecule has 27 heavy (non-hydrogen) atoms. The number of hydrogen-bond donors (Lipinski definition) is 1. The van der Waals surface area contributed by atoms with Gasteiger partial charge in [0.05, 0.1) is 0 Å². The highest BCUT2D eigenvalue weighted by atomic mass is 16.2. The molecule has 0 aromatic heterocycles. The lowest BCUT2D eigenvalue weighted by atomic mass is 9.46. The van der Waals surface area contributed by atoms with E-state index in [1.54, 1.807) is 0 Å². The maximum absolute atomic E-state index is 12.9. The van der Waals surface area contributed by atoms with E-state index < -0.39 is 0 Å². The first kappa shape index (κ1) is 17.7. The van der Waals surface area contributed by atoms with Crippen LogP contribution < -0.4 is 5.32 Å². The van der Waals surface area contributed by atoms with Crippen LogP contribution >= 0.6 is 0 Å². The van der Waals surface area contributed by atoms with Gasteiger partial charge in [0, 0.05) is 12.0 Å². The molecule has 4 saturated carbocycles. The van der Waals surface area contributed by atoms with E-state index in [2.05, 4.69) is 25.7 Å². The van der Waals surface area contributed by atoms with E-state index in [1.807, 2.05) is 6.08 Å². The maximum atomic E-state index is 12.9. The number of amides is 1. The molecule has 1 N–H and O–H groups in total. The van der Waals surface area contributed by atoms with Gasteiger partial charge in [0.15, 0.2) is 5.78 Å². The van der Waals surface area contributed by atoms with Crippen molar-refractivity contribution in [3.8, 4) is 0 Å². The molecule has 5 aliphatic carbocycles. The summed E-state index contributed by atoms with van der Waals surface area (Å²) in [4.78, 5) is 25.1. The van der Waals surface area contributed by atoms with Crippen molar-refractivity contribution >= 4 is 11.7 Å². The van der Waals surface area contributed by atoms with E-state index in [0.717, 1.165) is 31.3 Å². The van der Waals surface area contributed by atoms with Gasteiger partial charge in [-0.05, 0) is 98.0 Å². The van der Waals surface area contributed by atoms with Crippen molar-refractivity contribution in [2.45, 2.75) is 77.7 Å². The predicted octanol–water partition coefficient (Wildman–Crippen LogP) is 4.58. The van der Waals surface area contributed by atoms with Crippen LogP contribution in [0.3, 0.4) is 0 Å². The van der Waals surface area contributed by atoms with Gasteiger partial charge in [-0.15, -0.1) is 0 Å². The molecule has 0 saturated heterocycles. The number of carbonyl (C=O) groups is 2. The van der Waals surface area contributed by atoms with Gasteiger partial charge >= 0.3 is 0 Å². The topological polar surface area (TPSA) is 46.2 Å². The number of allylic oxidation sites excluding steroid dienone is 2. The fourth-order valence-electron chi connectivity index (χ4n) is 7.56. The number of ketones is 1. The van der Waals surface area contributed by atoms with Crippen LogP contribution in [0.4, 0.5) is 0 Å². The van der Waals surface area contributed by atoms with E-state index in [9.17, 15) is 9.59 Å². The van der Waals surface area contributed by atoms with Crippen LogP contribution in [-0.2, 0) is 9.59 Å². The van der Waals surface area contributed by atoms with Gasteiger partial charge < -0.3 is 5.32 Å². The van der Waals surface area contributed by atoms with Gasteiger partial charge in [0.25, 0.3) is 0 Å². The van der Waals surface area contributed by atoms with Crippen LogP contribution in [-0.4, -0.2) is 17.7 Å². The highest BCUT2D eigenvalue weighted by Crippen LogP contribution is 2.66. The third-order valence-corrected chi connectivity index (χ3v) is 9.21. The highest BCUT2D eigenvalue weighted by molar-refractivity contribution is 6.05. The van der Waals surface area contributed by atoms with Crippen LogP contribution in [0.15, 0.2) is 23.8 Å². The van der Waals surface area contributed by atoms with Crippen LogP contribution in [0.25, 0.3) is 0 Å². The summed E-state index contributed by atoms with van der Waals surface area (Å²) >= 11 is 0. The molecule has 5 rings (SSSR count). The van der Waals surface area contributed by atoms with Gasteiger partial charge in [-0.3, -0.25) is 9.59 Å². The molecule has 0 heterocycles. The number of nitrogens with one attached hydrogen (secondary N) is 1. The third kappa shape index (κ3) is 2.53. The molecule has 6 atom stereocenters. The second-order valence-corrected chi connectivity index (χ2v) is 10.6. The van der Waals surface area contributed by atoms with Crippen molar-refractivity contribution in [1.82, 2.24) is 5.32 Å². The number of hydrogen-bond acceptors (Lipinski definition) is 2. The van der Waals surface area contributed by atoms with E-state index >= 15 is 0 Å². The summed E-state index contributed by atoms with van der Waals surface area (Å²) in [7, 11) is 0. The summed E-state index contributed by atoms with van der Waals surface area (Å²) in [6.45, 7) is 8.87. The Morgan fingerprint density at radius 1 is 1.11 bits per heavy atom. The molecule has 0 spiro atoms. The van der Waals surface area contributed by atoms with Crippen molar-refractivity contribution in [3.63, 3.8) is 0 Å². The zero-order chi connectivity index (χ0) is 19.0. The number of rotatable bonds is 2. The zero-order valence-electron chi connectivity index (χ0n) is 16.9. The SMILES string of the molecule is C=C1C[C@@]2(C)C(=CC1=O)CCC1C2CC[C@@]2(C)C1CC[C@@H]2C(=O)NC1CC1. The monoisotopic (exact) mass is 367 g/mol. The van der Waals surface area contributed by atoms with Gasteiger partial charge in [0.1, 0.15) is 0 Å². The third-order valence-electron chi connectivity index (χ3n) is 9.21. The molecule has 0 aromatic carbocycles. The van der Waals surface area contributed by atoms with Crippen LogP contribution in [0.1, 0.15) is 71.6 Å². The Morgan fingerprint density at radius 3 is 2.63 bits per heavy atom. The minimum atomic E-state index is 0.115. The van der Waals surface area contributed by atoms with Gasteiger partial charge in [-0.2, -0.15) is 0 Å². The second kappa shape index (κ2) is 5.81. The number of carbonyl (C=O) groups excluding carboxylic acids is 2. The Labute approximate surface area is 163 Å². The standard InChI is InChI=1S/C24H33NO2/c1-14-13-24(3)15(12-21(14)26)4-7-17-18-8-9-20(22(27)25-16-5-6-16)23(18,2)11-10-19(17)24/h12,16-20H,1,4-11,13H2,2-3H3,(H,25,27)/t17?,18?,19?,20-,23+,24+/m1/s1. The van der Waals surface area contributed by atoms with Crippen LogP contribution in [0, 0.1) is 34.5 Å². The van der Waals surface area contributed by atoms with Gasteiger partial charge in [-0.1, -0.05) is 26.0 Å². The van der Waals surface area contributed by atoms with Crippen molar-refractivity contribution in [3.05, 3.63) is 23.8 Å². The maximum Gasteiger partial charge on any atom is 0.223 e. The Morgan fingerprint density at radius 2 is 1.89 bits per heavy atom. The Balaban J connectivity index is 1.42. The van der Waals surface area contributed by atoms with Gasteiger partial charge in [-0.25, -0.2) is 0 Å². The zero-order valence-corrected chi connectivity index (χ0v) is 16.9. The lowest BCUT2D eigenvalue weighted by molar-refractivity contribution is -0.132. The average Bonchev–Trinajstić information content (AvgIpc) is 3.34. The summed E-state index contributed by atoms with van der Waals surface area (Å²) in [5.74, 6) is 2.70. The first-order chi connectivity index (χ1) is 12.8. The average molecular weight is 368 g/mol. The molecular formula is C24H33NO2. The molecule has 0 aromatic rings. The summed E-state index contributed by atoms with van der Waals surface area (Å²) in [6.07, 6.45) is 12.0. The summed E-state index contributed by atoms with van der Waals surface area (Å²) in [5.41, 5.74) is 2.46. The lowest BCUT2D eigenvalue weighted by Gasteiger charge is -2.58. The molecule has 3 heteroatoms. The summed E-state index contributed by atoms with van der Waals surface area (Å²) in [5, 5.41) is 3.29. The van der Waals surface area contributed by atoms with Crippen molar-refractivity contribution in [2.24, 2.45) is 34.5 Å². The van der Waals surface area contributed by atoms with Crippen molar-refractivity contribution < 1.29 is 9.59 Å². The van der Waals surface area contributed by atoms with Crippen molar-refractivity contribution in [2.75, 3.05) is 0 Å². The first-order valence-corrected chi connectivity index (χ1v) is 11.1. The van der Waals surface area contributed by atoms with Crippen molar-refractivity contribution in [1.29, 1.82) is 0 Å². The Hall–Kier alpha value is -1.38. The summed E-state index contributed by atoms with van der Waals surface area (Å²) in [6, 6.07) is 0.462. The quantitative estimate of drug-likeness (QED) is 0.726. The fraction of sp³-hybridized carbons (Fsp3) is 0.750. The van der Waals surface area contributed by atoms with E-state index in [1.165, 1.54) is 37.7 Å². The molecule has 146 valence electrons. The Kier molecular flexibility index (Phi) is 3.81. The molecule has 1 amide bonds. The molecule has 0 bridgehead atoms. The molecular weight excluding hydrogens is 334 g/mol. The molecule has 3 nitrogen and oxygen atoms in total. The van der Waals surface area contributed by atoms with Crippen LogP contribution in [0.5, 0.6) is 0 Å². The molecule has 5 aliphatic rings.